The minimum atomic E-state index is -3.32. The van der Waals surface area contributed by atoms with Crippen molar-refractivity contribution in [3.05, 3.63) is 29.8 Å². The maximum Gasteiger partial charge on any atom is 0.323 e. The third-order valence-corrected chi connectivity index (χ3v) is 5.90. The van der Waals surface area contributed by atoms with Crippen LogP contribution in [0.25, 0.3) is 0 Å². The van der Waals surface area contributed by atoms with E-state index in [1.54, 1.807) is 38.1 Å². The predicted molar refractivity (Wildman–Crippen MR) is 75.3 cm³/mol. The molecule has 1 aromatic rings. The molecule has 1 aliphatic rings. The number of aliphatic carboxylic acids is 1. The van der Waals surface area contributed by atoms with Gasteiger partial charge in [0, 0.05) is 6.04 Å². The Hall–Kier alpha value is -1.40. The molecule has 1 atom stereocenters. The Morgan fingerprint density at radius 2 is 1.95 bits per heavy atom. The van der Waals surface area contributed by atoms with Gasteiger partial charge in [-0.3, -0.25) is 10.1 Å². The maximum absolute atomic E-state index is 12.1. The van der Waals surface area contributed by atoms with Crippen LogP contribution in [-0.2, 0) is 14.6 Å². The van der Waals surface area contributed by atoms with Crippen LogP contribution in [0.3, 0.4) is 0 Å². The normalized spacial score (nSPS) is 20.6. The molecule has 2 rings (SSSR count). The summed E-state index contributed by atoms with van der Waals surface area (Å²) in [6, 6.07) is 6.31. The molecule has 0 fully saturated rings. The van der Waals surface area contributed by atoms with Crippen molar-refractivity contribution < 1.29 is 18.3 Å². The summed E-state index contributed by atoms with van der Waals surface area (Å²) < 4.78 is 24.2. The smallest absolute Gasteiger partial charge is 0.323 e. The predicted octanol–water partition coefficient (Wildman–Crippen LogP) is 1.75. The number of carboxylic acid groups (broad SMARTS) is 1. The fraction of sp³-hybridized carbons (Fsp3) is 0.500. The van der Waals surface area contributed by atoms with E-state index >= 15 is 0 Å². The molecule has 0 radical (unpaired) electrons. The summed E-state index contributed by atoms with van der Waals surface area (Å²) in [7, 11) is -3.32. The average Bonchev–Trinajstić information content (AvgIpc) is 2.68. The monoisotopic (exact) mass is 297 g/mol. The summed E-state index contributed by atoms with van der Waals surface area (Å²) in [4.78, 5) is 11.8. The molecule has 110 valence electrons. The van der Waals surface area contributed by atoms with Crippen molar-refractivity contribution in [2.24, 2.45) is 0 Å². The minimum Gasteiger partial charge on any atom is -0.480 e. The molecule has 5 nitrogen and oxygen atoms in total. The van der Waals surface area contributed by atoms with Crippen molar-refractivity contribution in [1.82, 2.24) is 5.32 Å². The second kappa shape index (κ2) is 5.18. The molecule has 0 saturated carbocycles. The lowest BCUT2D eigenvalue weighted by Crippen LogP contribution is -2.52. The Bertz CT molecular complexity index is 620. The van der Waals surface area contributed by atoms with Crippen LogP contribution < -0.4 is 5.32 Å². The van der Waals surface area contributed by atoms with E-state index in [0.29, 0.717) is 23.3 Å². The van der Waals surface area contributed by atoms with Gasteiger partial charge in [-0.1, -0.05) is 32.0 Å². The Labute approximate surface area is 118 Å². The molecule has 6 heteroatoms. The third-order valence-electron chi connectivity index (χ3n) is 4.08. The van der Waals surface area contributed by atoms with Crippen LogP contribution in [-0.4, -0.2) is 30.8 Å². The average molecular weight is 297 g/mol. The lowest BCUT2D eigenvalue weighted by atomic mass is 9.91. The van der Waals surface area contributed by atoms with Gasteiger partial charge in [0.25, 0.3) is 0 Å². The van der Waals surface area contributed by atoms with Gasteiger partial charge in [0.2, 0.25) is 0 Å². The van der Waals surface area contributed by atoms with Gasteiger partial charge < -0.3 is 5.11 Å². The molecule has 2 N–H and O–H groups in total. The zero-order valence-electron chi connectivity index (χ0n) is 11.6. The first-order valence-corrected chi connectivity index (χ1v) is 8.34. The van der Waals surface area contributed by atoms with Gasteiger partial charge in [-0.05, 0) is 24.5 Å². The lowest BCUT2D eigenvalue weighted by Gasteiger charge is -2.31. The van der Waals surface area contributed by atoms with Crippen LogP contribution in [0, 0.1) is 0 Å². The van der Waals surface area contributed by atoms with Gasteiger partial charge >= 0.3 is 5.97 Å². The molecule has 1 aromatic carbocycles. The molecule has 0 saturated heterocycles. The van der Waals surface area contributed by atoms with Crippen molar-refractivity contribution in [3.8, 4) is 0 Å². The van der Waals surface area contributed by atoms with E-state index in [1.807, 2.05) is 0 Å². The molecule has 1 aliphatic heterocycles. The van der Waals surface area contributed by atoms with E-state index in [1.165, 1.54) is 0 Å². The van der Waals surface area contributed by atoms with Crippen molar-refractivity contribution in [3.63, 3.8) is 0 Å². The van der Waals surface area contributed by atoms with Crippen LogP contribution in [0.4, 0.5) is 0 Å². The number of benzene rings is 1. The van der Waals surface area contributed by atoms with Gasteiger partial charge in [0.15, 0.2) is 9.84 Å². The number of carbonyl (C=O) groups is 1. The first kappa shape index (κ1) is 15.0. The highest BCUT2D eigenvalue weighted by Gasteiger charge is 2.42. The molecule has 0 spiro atoms. The van der Waals surface area contributed by atoms with Gasteiger partial charge in [-0.25, -0.2) is 8.42 Å². The van der Waals surface area contributed by atoms with Crippen molar-refractivity contribution in [2.75, 3.05) is 5.75 Å². The van der Waals surface area contributed by atoms with E-state index in [9.17, 15) is 18.3 Å². The van der Waals surface area contributed by atoms with E-state index in [-0.39, 0.29) is 5.75 Å². The lowest BCUT2D eigenvalue weighted by molar-refractivity contribution is -0.145. The van der Waals surface area contributed by atoms with E-state index in [2.05, 4.69) is 5.32 Å². The Kier molecular flexibility index (Phi) is 3.88. The third kappa shape index (κ3) is 2.33. The standard InChI is InChI=1S/C14H19NO4S/c1-3-14(4-2,13(16)17)15-11-9-20(18,19)12-8-6-5-7-10(11)12/h5-8,11,15H,3-4,9H2,1-2H3,(H,16,17). The molecule has 0 aliphatic carbocycles. The molecule has 0 bridgehead atoms. The first-order chi connectivity index (χ1) is 9.36. The Morgan fingerprint density at radius 1 is 1.35 bits per heavy atom. The maximum atomic E-state index is 12.1. The Balaban J connectivity index is 2.39. The van der Waals surface area contributed by atoms with Crippen LogP contribution in [0.1, 0.15) is 38.3 Å². The second-order valence-corrected chi connectivity index (χ2v) is 7.11. The molecular weight excluding hydrogens is 278 g/mol. The highest BCUT2D eigenvalue weighted by Crippen LogP contribution is 2.35. The number of hydrogen-bond acceptors (Lipinski definition) is 4. The zero-order chi connectivity index (χ0) is 15.0. The Morgan fingerprint density at radius 3 is 2.50 bits per heavy atom. The molecule has 20 heavy (non-hydrogen) atoms. The van der Waals surface area contributed by atoms with Crippen molar-refractivity contribution in [2.45, 2.75) is 43.2 Å². The summed E-state index contributed by atoms with van der Waals surface area (Å²) in [5.74, 6) is -1.02. The number of hydrogen-bond donors (Lipinski definition) is 2. The fourth-order valence-corrected chi connectivity index (χ4v) is 4.46. The van der Waals surface area contributed by atoms with Gasteiger partial charge in [0.1, 0.15) is 5.54 Å². The fourth-order valence-electron chi connectivity index (χ4n) is 2.72. The summed E-state index contributed by atoms with van der Waals surface area (Å²) in [6.45, 7) is 3.58. The number of fused-ring (bicyclic) bond motifs is 1. The topological polar surface area (TPSA) is 83.5 Å². The van der Waals surface area contributed by atoms with Crippen LogP contribution >= 0.6 is 0 Å². The van der Waals surface area contributed by atoms with Crippen molar-refractivity contribution in [1.29, 1.82) is 0 Å². The van der Waals surface area contributed by atoms with E-state index in [0.717, 1.165) is 0 Å². The summed E-state index contributed by atoms with van der Waals surface area (Å²) in [5, 5.41) is 12.5. The van der Waals surface area contributed by atoms with Crippen LogP contribution in [0.15, 0.2) is 29.2 Å². The van der Waals surface area contributed by atoms with Gasteiger partial charge in [-0.2, -0.15) is 0 Å². The highest BCUT2D eigenvalue weighted by atomic mass is 32.2. The minimum absolute atomic E-state index is 0.0820. The molecule has 1 unspecified atom stereocenters. The van der Waals surface area contributed by atoms with E-state index < -0.39 is 27.4 Å². The molecule has 0 aromatic heterocycles. The van der Waals surface area contributed by atoms with Gasteiger partial charge in [-0.15, -0.1) is 0 Å². The molecule has 1 heterocycles. The van der Waals surface area contributed by atoms with E-state index in [4.69, 9.17) is 0 Å². The van der Waals surface area contributed by atoms with Gasteiger partial charge in [0.05, 0.1) is 10.6 Å². The number of carboxylic acids is 1. The van der Waals surface area contributed by atoms with Crippen molar-refractivity contribution >= 4 is 15.8 Å². The number of nitrogens with one attached hydrogen (secondary N) is 1. The summed E-state index contributed by atoms with van der Waals surface area (Å²) >= 11 is 0. The first-order valence-electron chi connectivity index (χ1n) is 6.69. The molecule has 0 amide bonds. The number of rotatable bonds is 5. The summed E-state index contributed by atoms with van der Waals surface area (Å²) in [6.07, 6.45) is 0.801. The quantitative estimate of drug-likeness (QED) is 0.865. The largest absolute Gasteiger partial charge is 0.480 e. The zero-order valence-corrected chi connectivity index (χ0v) is 12.4. The van der Waals surface area contributed by atoms with Crippen LogP contribution in [0.2, 0.25) is 0 Å². The second-order valence-electron chi connectivity index (χ2n) is 5.11. The SMILES string of the molecule is CCC(CC)(NC1CS(=O)(=O)c2ccccc21)C(=O)O. The molecular formula is C14H19NO4S. The number of sulfone groups is 1. The summed E-state index contributed by atoms with van der Waals surface area (Å²) in [5.41, 5.74) is -0.419. The highest BCUT2D eigenvalue weighted by molar-refractivity contribution is 7.91. The van der Waals surface area contributed by atoms with Crippen LogP contribution in [0.5, 0.6) is 0 Å².